The molecule has 6 N–H and O–H groups in total. The number of hydrogen-bond donors (Lipinski definition) is 4. The summed E-state index contributed by atoms with van der Waals surface area (Å²) in [4.78, 5) is 20.1. The van der Waals surface area contributed by atoms with Crippen LogP contribution in [0.1, 0.15) is 26.7 Å². The fourth-order valence-corrected chi connectivity index (χ4v) is 0.421. The number of aliphatic carboxylic acids is 1. The van der Waals surface area contributed by atoms with Crippen molar-refractivity contribution < 1.29 is 19.8 Å². The van der Waals surface area contributed by atoms with E-state index in [4.69, 9.17) is 21.7 Å². The molecule has 0 radical (unpaired) electrons. The van der Waals surface area contributed by atoms with E-state index in [0.717, 1.165) is 0 Å². The van der Waals surface area contributed by atoms with Crippen molar-refractivity contribution in [1.29, 1.82) is 0 Å². The second-order valence-electron chi connectivity index (χ2n) is 3.04. The Kier molecular flexibility index (Phi) is 9.27. The lowest BCUT2D eigenvalue weighted by Crippen LogP contribution is -2.31. The summed E-state index contributed by atoms with van der Waals surface area (Å²) in [6.45, 7) is 3.44. The van der Waals surface area contributed by atoms with Crippen LogP contribution in [0, 0.1) is 0 Å². The highest BCUT2D eigenvalue weighted by molar-refractivity contribution is 5.76. The second-order valence-corrected chi connectivity index (χ2v) is 3.04. The summed E-state index contributed by atoms with van der Waals surface area (Å²) in [6.07, 6.45) is -0.0435. The number of carbonyl (C=O) groups is 2. The fraction of sp³-hybridized carbons (Fsp3) is 0.750. The quantitative estimate of drug-likeness (QED) is 0.471. The van der Waals surface area contributed by atoms with Crippen molar-refractivity contribution in [2.45, 2.75) is 38.8 Å². The minimum Gasteiger partial charge on any atom is -0.480 e. The second kappa shape index (κ2) is 8.46. The predicted octanol–water partition coefficient (Wildman–Crippen LogP) is -0.949. The van der Waals surface area contributed by atoms with E-state index in [1.165, 1.54) is 0 Å². The number of carboxylic acids is 1. The SMILES string of the molecule is CC(C)O.NC(=O)CC[C@H](N)C(=O)O. The molecule has 0 spiro atoms. The van der Waals surface area contributed by atoms with Gasteiger partial charge in [-0.2, -0.15) is 0 Å². The van der Waals surface area contributed by atoms with Gasteiger partial charge in [0.25, 0.3) is 0 Å². The number of primary amides is 1. The molecule has 6 nitrogen and oxygen atoms in total. The zero-order valence-corrected chi connectivity index (χ0v) is 8.43. The van der Waals surface area contributed by atoms with Gasteiger partial charge in [0.2, 0.25) is 5.91 Å². The third-order valence-electron chi connectivity index (χ3n) is 1.02. The summed E-state index contributed by atoms with van der Waals surface area (Å²) in [5, 5.41) is 16.3. The molecule has 0 aliphatic rings. The Morgan fingerprint density at radius 1 is 1.36 bits per heavy atom. The molecule has 0 aromatic heterocycles. The molecule has 0 rings (SSSR count). The maximum absolute atomic E-state index is 10.1. The van der Waals surface area contributed by atoms with Gasteiger partial charge in [-0.15, -0.1) is 0 Å². The average Bonchev–Trinajstić information content (AvgIpc) is 1.98. The number of aliphatic hydroxyl groups excluding tert-OH is 1. The highest BCUT2D eigenvalue weighted by Gasteiger charge is 2.11. The Balaban J connectivity index is 0. The number of rotatable bonds is 4. The summed E-state index contributed by atoms with van der Waals surface area (Å²) in [6, 6.07) is -0.979. The van der Waals surface area contributed by atoms with Gasteiger partial charge in [0, 0.05) is 12.5 Å². The number of nitrogens with two attached hydrogens (primary N) is 2. The molecule has 1 atom stereocenters. The van der Waals surface area contributed by atoms with Crippen molar-refractivity contribution in [2.24, 2.45) is 11.5 Å². The first-order valence-corrected chi connectivity index (χ1v) is 4.22. The van der Waals surface area contributed by atoms with Gasteiger partial charge in [0.05, 0.1) is 0 Å². The first kappa shape index (κ1) is 15.3. The molecule has 0 fully saturated rings. The first-order chi connectivity index (χ1) is 6.27. The minimum absolute atomic E-state index is 0.0213. The molecule has 0 aliphatic heterocycles. The van der Waals surface area contributed by atoms with E-state index in [2.05, 4.69) is 0 Å². The van der Waals surface area contributed by atoms with Crippen molar-refractivity contribution in [3.8, 4) is 0 Å². The van der Waals surface area contributed by atoms with E-state index < -0.39 is 17.9 Å². The van der Waals surface area contributed by atoms with Crippen LogP contribution < -0.4 is 11.5 Å². The Morgan fingerprint density at radius 3 is 1.93 bits per heavy atom. The number of carbonyl (C=O) groups excluding carboxylic acids is 1. The lowest BCUT2D eigenvalue weighted by Gasteiger charge is -2.01. The Hall–Kier alpha value is -1.14. The van der Waals surface area contributed by atoms with Crippen LogP contribution in [-0.4, -0.2) is 34.2 Å². The fourth-order valence-electron chi connectivity index (χ4n) is 0.421. The van der Waals surface area contributed by atoms with Crippen molar-refractivity contribution in [1.82, 2.24) is 0 Å². The van der Waals surface area contributed by atoms with E-state index in [0.29, 0.717) is 0 Å². The van der Waals surface area contributed by atoms with Gasteiger partial charge in [-0.3, -0.25) is 9.59 Å². The van der Waals surface area contributed by atoms with Gasteiger partial charge in [-0.05, 0) is 20.3 Å². The molecule has 0 aromatic rings. The smallest absolute Gasteiger partial charge is 0.320 e. The average molecular weight is 206 g/mol. The van der Waals surface area contributed by atoms with Gasteiger partial charge in [0.1, 0.15) is 6.04 Å². The number of hydrogen-bond acceptors (Lipinski definition) is 4. The monoisotopic (exact) mass is 206 g/mol. The molecular weight excluding hydrogens is 188 g/mol. The van der Waals surface area contributed by atoms with Crippen LogP contribution in [-0.2, 0) is 9.59 Å². The summed E-state index contributed by atoms with van der Waals surface area (Å²) < 4.78 is 0. The van der Waals surface area contributed by atoms with E-state index in [-0.39, 0.29) is 18.9 Å². The van der Waals surface area contributed by atoms with Crippen LogP contribution in [0.4, 0.5) is 0 Å². The first-order valence-electron chi connectivity index (χ1n) is 4.22. The summed E-state index contributed by atoms with van der Waals surface area (Å²) in [5.74, 6) is -1.64. The lowest BCUT2D eigenvalue weighted by atomic mass is 10.2. The van der Waals surface area contributed by atoms with E-state index in [1.54, 1.807) is 13.8 Å². The number of aliphatic hydroxyl groups is 1. The number of carboxylic acid groups (broad SMARTS) is 1. The van der Waals surface area contributed by atoms with Gasteiger partial charge in [-0.1, -0.05) is 0 Å². The largest absolute Gasteiger partial charge is 0.480 e. The molecule has 1 amide bonds. The van der Waals surface area contributed by atoms with E-state index in [1.807, 2.05) is 0 Å². The molecule has 0 unspecified atom stereocenters. The van der Waals surface area contributed by atoms with Gasteiger partial charge < -0.3 is 21.7 Å². The van der Waals surface area contributed by atoms with Crippen LogP contribution in [0.2, 0.25) is 0 Å². The number of amides is 1. The molecule has 0 aromatic carbocycles. The molecule has 0 saturated carbocycles. The van der Waals surface area contributed by atoms with Crippen molar-refractivity contribution in [3.05, 3.63) is 0 Å². The molecular formula is C8H18N2O4. The van der Waals surface area contributed by atoms with Crippen LogP contribution in [0.3, 0.4) is 0 Å². The Labute approximate surface area is 82.9 Å². The third-order valence-corrected chi connectivity index (χ3v) is 1.02. The zero-order chi connectivity index (χ0) is 11.7. The molecule has 84 valence electrons. The van der Waals surface area contributed by atoms with Crippen molar-refractivity contribution >= 4 is 11.9 Å². The van der Waals surface area contributed by atoms with Crippen LogP contribution in [0.15, 0.2) is 0 Å². The highest BCUT2D eigenvalue weighted by atomic mass is 16.4. The summed E-state index contributed by atoms with van der Waals surface area (Å²) in [7, 11) is 0. The minimum atomic E-state index is -1.11. The third kappa shape index (κ3) is 17.1. The van der Waals surface area contributed by atoms with E-state index >= 15 is 0 Å². The molecule has 0 bridgehead atoms. The topological polar surface area (TPSA) is 127 Å². The van der Waals surface area contributed by atoms with Gasteiger partial charge in [-0.25, -0.2) is 0 Å². The van der Waals surface area contributed by atoms with Gasteiger partial charge in [0.15, 0.2) is 0 Å². The van der Waals surface area contributed by atoms with Crippen LogP contribution in [0.5, 0.6) is 0 Å². The molecule has 6 heteroatoms. The highest BCUT2D eigenvalue weighted by Crippen LogP contribution is 1.92. The maximum Gasteiger partial charge on any atom is 0.320 e. The molecule has 0 aliphatic carbocycles. The molecule has 0 heterocycles. The summed E-state index contributed by atoms with van der Waals surface area (Å²) in [5.41, 5.74) is 9.81. The van der Waals surface area contributed by atoms with Crippen LogP contribution >= 0.6 is 0 Å². The standard InChI is InChI=1S/C5H10N2O3.C3H8O/c6-3(5(9)10)1-2-4(7)8;1-3(2)4/h3H,1-2,6H2,(H2,7,8)(H,9,10);3-4H,1-2H3/t3-;/m0./s1. The Bertz CT molecular complexity index is 179. The van der Waals surface area contributed by atoms with Crippen LogP contribution in [0.25, 0.3) is 0 Å². The maximum atomic E-state index is 10.1. The van der Waals surface area contributed by atoms with Crippen molar-refractivity contribution in [3.63, 3.8) is 0 Å². The van der Waals surface area contributed by atoms with Crippen molar-refractivity contribution in [2.75, 3.05) is 0 Å². The zero-order valence-electron chi connectivity index (χ0n) is 8.43. The molecule has 0 saturated heterocycles. The Morgan fingerprint density at radius 2 is 1.71 bits per heavy atom. The van der Waals surface area contributed by atoms with E-state index in [9.17, 15) is 9.59 Å². The normalized spacial score (nSPS) is 11.5. The lowest BCUT2D eigenvalue weighted by molar-refractivity contribution is -0.138. The summed E-state index contributed by atoms with van der Waals surface area (Å²) >= 11 is 0. The molecule has 14 heavy (non-hydrogen) atoms. The van der Waals surface area contributed by atoms with Gasteiger partial charge >= 0.3 is 5.97 Å². The predicted molar refractivity (Wildman–Crippen MR) is 51.4 cm³/mol.